The fourth-order valence-corrected chi connectivity index (χ4v) is 2.30. The van der Waals surface area contributed by atoms with Crippen LogP contribution in [0.2, 0.25) is 0 Å². The Bertz CT molecular complexity index is 388. The Hall–Kier alpha value is -0.970. The minimum atomic E-state index is -1.12. The summed E-state index contributed by atoms with van der Waals surface area (Å²) in [7, 11) is 1.49. The van der Waals surface area contributed by atoms with Crippen molar-refractivity contribution in [3.05, 3.63) is 12.2 Å². The van der Waals surface area contributed by atoms with Crippen LogP contribution in [0, 0.1) is 11.3 Å². The first-order valence-corrected chi connectivity index (χ1v) is 5.70. The lowest BCUT2D eigenvalue weighted by Crippen LogP contribution is -2.39. The lowest BCUT2D eigenvalue weighted by molar-refractivity contribution is -0.234. The van der Waals surface area contributed by atoms with Crippen molar-refractivity contribution in [1.29, 1.82) is 5.26 Å². The number of nitriles is 1. The van der Waals surface area contributed by atoms with Crippen LogP contribution in [0.15, 0.2) is 12.2 Å². The van der Waals surface area contributed by atoms with Gasteiger partial charge in [0.1, 0.15) is 24.4 Å². The summed E-state index contributed by atoms with van der Waals surface area (Å²) in [6.45, 7) is 7.05. The summed E-state index contributed by atoms with van der Waals surface area (Å²) in [4.78, 5) is 0. The molecule has 0 aromatic rings. The molecule has 0 spiro atoms. The van der Waals surface area contributed by atoms with E-state index in [2.05, 4.69) is 6.58 Å². The second-order valence-corrected chi connectivity index (χ2v) is 4.85. The maximum atomic E-state index is 10.0. The highest BCUT2D eigenvalue weighted by Crippen LogP contribution is 2.40. The average Bonchev–Trinajstić information content (AvgIpc) is 2.80. The number of aliphatic hydroxyl groups is 1. The average molecular weight is 255 g/mol. The van der Waals surface area contributed by atoms with Gasteiger partial charge in [0.2, 0.25) is 0 Å². The van der Waals surface area contributed by atoms with Crippen LogP contribution in [0.1, 0.15) is 13.8 Å². The van der Waals surface area contributed by atoms with Crippen LogP contribution >= 0.6 is 0 Å². The molecule has 0 radical (unpaired) electrons. The van der Waals surface area contributed by atoms with E-state index < -0.39 is 36.5 Å². The fourth-order valence-electron chi connectivity index (χ4n) is 2.30. The van der Waals surface area contributed by atoms with E-state index in [4.69, 9.17) is 24.2 Å². The first-order valence-electron chi connectivity index (χ1n) is 5.70. The third kappa shape index (κ3) is 2.16. The van der Waals surface area contributed by atoms with Gasteiger partial charge in [0.25, 0.3) is 0 Å². The molecule has 0 aromatic carbocycles. The van der Waals surface area contributed by atoms with E-state index in [1.54, 1.807) is 13.8 Å². The number of hydrogen-bond acceptors (Lipinski definition) is 6. The number of rotatable bonds is 3. The standard InChI is InChI=1S/C12H17NO5/c1-6(5-13)7(14)8-9-10(11(15-4)16-8)18-12(2,3)17-9/h7-11,14H,1H2,2-4H3/t7?,8-,9-,10-,11-/m0/s1. The highest BCUT2D eigenvalue weighted by molar-refractivity contribution is 5.24. The molecule has 2 saturated heterocycles. The molecule has 0 amide bonds. The Morgan fingerprint density at radius 3 is 2.61 bits per heavy atom. The van der Waals surface area contributed by atoms with Crippen LogP contribution in [-0.4, -0.2) is 48.7 Å². The second-order valence-electron chi connectivity index (χ2n) is 4.85. The molecule has 2 fully saturated rings. The molecule has 6 heteroatoms. The molecule has 6 nitrogen and oxygen atoms in total. The van der Waals surface area contributed by atoms with Crippen molar-refractivity contribution in [2.24, 2.45) is 0 Å². The first kappa shape index (κ1) is 13.5. The van der Waals surface area contributed by atoms with E-state index >= 15 is 0 Å². The highest BCUT2D eigenvalue weighted by atomic mass is 16.8. The third-order valence-corrected chi connectivity index (χ3v) is 3.09. The Kier molecular flexibility index (Phi) is 3.45. The molecule has 2 aliphatic heterocycles. The normalized spacial score (nSPS) is 39.1. The maximum Gasteiger partial charge on any atom is 0.186 e. The van der Waals surface area contributed by atoms with Gasteiger partial charge in [-0.25, -0.2) is 0 Å². The van der Waals surface area contributed by atoms with Crippen LogP contribution < -0.4 is 0 Å². The largest absolute Gasteiger partial charge is 0.385 e. The Morgan fingerprint density at radius 2 is 2.06 bits per heavy atom. The predicted octanol–water partition coefficient (Wildman–Crippen LogP) is 0.318. The van der Waals surface area contributed by atoms with Gasteiger partial charge in [-0.15, -0.1) is 0 Å². The van der Waals surface area contributed by atoms with Crippen molar-refractivity contribution in [2.75, 3.05) is 7.11 Å². The van der Waals surface area contributed by atoms with Crippen molar-refractivity contribution in [3.63, 3.8) is 0 Å². The monoisotopic (exact) mass is 255 g/mol. The molecule has 1 unspecified atom stereocenters. The number of methoxy groups -OCH3 is 1. The molecule has 0 saturated carbocycles. The highest BCUT2D eigenvalue weighted by Gasteiger charge is 2.57. The molecular weight excluding hydrogens is 238 g/mol. The lowest BCUT2D eigenvalue weighted by Gasteiger charge is -2.25. The molecule has 0 bridgehead atoms. The van der Waals surface area contributed by atoms with E-state index in [1.807, 2.05) is 6.07 Å². The summed E-state index contributed by atoms with van der Waals surface area (Å²) >= 11 is 0. The Morgan fingerprint density at radius 1 is 1.44 bits per heavy atom. The van der Waals surface area contributed by atoms with Gasteiger partial charge in [-0.2, -0.15) is 5.26 Å². The smallest absolute Gasteiger partial charge is 0.186 e. The van der Waals surface area contributed by atoms with Gasteiger partial charge in [-0.05, 0) is 13.8 Å². The molecule has 0 aliphatic carbocycles. The molecule has 2 aliphatic rings. The Labute approximate surface area is 106 Å². The minimum Gasteiger partial charge on any atom is -0.385 e. The van der Waals surface area contributed by atoms with Gasteiger partial charge < -0.3 is 24.1 Å². The van der Waals surface area contributed by atoms with E-state index in [9.17, 15) is 5.11 Å². The SMILES string of the molecule is C=C(C#N)C(O)[C@@H]1O[C@H](OC)[C@H]2OC(C)(C)O[C@H]21. The van der Waals surface area contributed by atoms with Gasteiger partial charge in [0, 0.05) is 7.11 Å². The zero-order chi connectivity index (χ0) is 13.5. The summed E-state index contributed by atoms with van der Waals surface area (Å²) in [5.74, 6) is -0.762. The van der Waals surface area contributed by atoms with Gasteiger partial charge in [-0.3, -0.25) is 0 Å². The molecule has 2 rings (SSSR count). The number of hydrogen-bond donors (Lipinski definition) is 1. The fraction of sp³-hybridized carbons (Fsp3) is 0.750. The number of aliphatic hydroxyl groups excluding tert-OH is 1. The maximum absolute atomic E-state index is 10.0. The van der Waals surface area contributed by atoms with Crippen LogP contribution in [0.3, 0.4) is 0 Å². The summed E-state index contributed by atoms with van der Waals surface area (Å²) in [5.41, 5.74) is 0.0313. The third-order valence-electron chi connectivity index (χ3n) is 3.09. The molecular formula is C12H17NO5. The van der Waals surface area contributed by atoms with Crippen molar-refractivity contribution in [2.45, 2.75) is 50.3 Å². The Balaban J connectivity index is 2.19. The van der Waals surface area contributed by atoms with E-state index in [1.165, 1.54) is 7.11 Å². The molecule has 5 atom stereocenters. The summed E-state index contributed by atoms with van der Waals surface area (Å²) in [6.07, 6.45) is -3.36. The van der Waals surface area contributed by atoms with E-state index in [0.29, 0.717) is 0 Å². The lowest BCUT2D eigenvalue weighted by atomic mass is 10.0. The second kappa shape index (κ2) is 4.61. The molecule has 0 aromatic heterocycles. The predicted molar refractivity (Wildman–Crippen MR) is 60.3 cm³/mol. The van der Waals surface area contributed by atoms with E-state index in [0.717, 1.165) is 0 Å². The first-order chi connectivity index (χ1) is 8.39. The van der Waals surface area contributed by atoms with Gasteiger partial charge in [0.05, 0.1) is 11.6 Å². The number of nitrogens with zero attached hydrogens (tertiary/aromatic N) is 1. The van der Waals surface area contributed by atoms with Crippen LogP contribution in [0.4, 0.5) is 0 Å². The van der Waals surface area contributed by atoms with Gasteiger partial charge in [-0.1, -0.05) is 6.58 Å². The van der Waals surface area contributed by atoms with Crippen LogP contribution in [0.25, 0.3) is 0 Å². The zero-order valence-electron chi connectivity index (χ0n) is 10.6. The molecule has 1 N–H and O–H groups in total. The van der Waals surface area contributed by atoms with Crippen LogP contribution in [-0.2, 0) is 18.9 Å². The number of fused-ring (bicyclic) bond motifs is 1. The molecule has 100 valence electrons. The topological polar surface area (TPSA) is 80.9 Å². The zero-order valence-corrected chi connectivity index (χ0v) is 10.6. The van der Waals surface area contributed by atoms with Crippen LogP contribution in [0.5, 0.6) is 0 Å². The van der Waals surface area contributed by atoms with E-state index in [-0.39, 0.29) is 5.57 Å². The number of ether oxygens (including phenoxy) is 4. The van der Waals surface area contributed by atoms with Crippen molar-refractivity contribution in [3.8, 4) is 6.07 Å². The van der Waals surface area contributed by atoms with Crippen molar-refractivity contribution in [1.82, 2.24) is 0 Å². The quantitative estimate of drug-likeness (QED) is 0.731. The summed E-state index contributed by atoms with van der Waals surface area (Å²) in [6, 6.07) is 1.81. The van der Waals surface area contributed by atoms with Crippen molar-refractivity contribution < 1.29 is 24.1 Å². The van der Waals surface area contributed by atoms with Gasteiger partial charge in [0.15, 0.2) is 12.1 Å². The molecule has 18 heavy (non-hydrogen) atoms. The summed E-state index contributed by atoms with van der Waals surface area (Å²) in [5, 5.41) is 18.8. The molecule has 2 heterocycles. The minimum absolute atomic E-state index is 0.0313. The van der Waals surface area contributed by atoms with Gasteiger partial charge >= 0.3 is 0 Å². The van der Waals surface area contributed by atoms with Crippen molar-refractivity contribution >= 4 is 0 Å². The summed E-state index contributed by atoms with van der Waals surface area (Å²) < 4.78 is 22.1.